The smallest absolute Gasteiger partial charge is 0.243 e. The van der Waals surface area contributed by atoms with Crippen molar-refractivity contribution in [2.75, 3.05) is 39.3 Å². The van der Waals surface area contributed by atoms with Gasteiger partial charge in [-0.15, -0.1) is 0 Å². The Morgan fingerprint density at radius 2 is 1.53 bits per heavy atom. The Kier molecular flexibility index (Phi) is 5.90. The van der Waals surface area contributed by atoms with Gasteiger partial charge in [-0.1, -0.05) is 12.1 Å². The Labute approximate surface area is 179 Å². The summed E-state index contributed by atoms with van der Waals surface area (Å²) in [7, 11) is -3.57. The van der Waals surface area contributed by atoms with Gasteiger partial charge in [-0.05, 0) is 56.7 Å². The Hall–Kier alpha value is -1.93. The van der Waals surface area contributed by atoms with E-state index in [0.717, 1.165) is 43.4 Å². The molecule has 1 unspecified atom stereocenters. The fraction of sp³-hybridized carbons (Fsp3) is 0.636. The predicted octanol–water partition coefficient (Wildman–Crippen LogP) is 1.78. The van der Waals surface area contributed by atoms with Crippen LogP contribution in [0.2, 0.25) is 0 Å². The normalized spacial score (nSPS) is 23.5. The number of aryl methyl sites for hydroxylation is 2. The second-order valence-corrected chi connectivity index (χ2v) is 10.8. The van der Waals surface area contributed by atoms with E-state index >= 15 is 0 Å². The number of amides is 2. The van der Waals surface area contributed by atoms with Gasteiger partial charge in [0.2, 0.25) is 21.8 Å². The summed E-state index contributed by atoms with van der Waals surface area (Å²) in [5.74, 6) is 0.283. The molecule has 0 N–H and O–H groups in total. The molecule has 2 saturated heterocycles. The number of piperazine rings is 1. The number of hydrogen-bond donors (Lipinski definition) is 0. The van der Waals surface area contributed by atoms with Crippen molar-refractivity contribution < 1.29 is 18.0 Å². The van der Waals surface area contributed by atoms with Crippen molar-refractivity contribution in [1.82, 2.24) is 14.1 Å². The third kappa shape index (κ3) is 4.25. The maximum absolute atomic E-state index is 13.1. The van der Waals surface area contributed by atoms with Crippen molar-refractivity contribution in [2.24, 2.45) is 11.8 Å². The molecule has 3 fully saturated rings. The number of carbonyl (C=O) groups is 2. The third-order valence-electron chi connectivity index (χ3n) is 6.52. The molecule has 3 aliphatic rings. The highest BCUT2D eigenvalue weighted by Crippen LogP contribution is 2.33. The van der Waals surface area contributed by atoms with Gasteiger partial charge < -0.3 is 9.80 Å². The highest BCUT2D eigenvalue weighted by atomic mass is 32.2. The first-order valence-electron chi connectivity index (χ1n) is 10.9. The van der Waals surface area contributed by atoms with Gasteiger partial charge in [-0.2, -0.15) is 4.31 Å². The van der Waals surface area contributed by atoms with Crippen molar-refractivity contribution in [3.05, 3.63) is 29.3 Å². The molecule has 1 aliphatic carbocycles. The van der Waals surface area contributed by atoms with E-state index in [4.69, 9.17) is 0 Å². The highest BCUT2D eigenvalue weighted by Gasteiger charge is 2.38. The minimum absolute atomic E-state index is 0.0621. The zero-order valence-electron chi connectivity index (χ0n) is 17.8. The van der Waals surface area contributed by atoms with E-state index in [0.29, 0.717) is 37.6 Å². The van der Waals surface area contributed by atoms with Crippen LogP contribution >= 0.6 is 0 Å². The first-order chi connectivity index (χ1) is 14.3. The minimum Gasteiger partial charge on any atom is -0.342 e. The van der Waals surface area contributed by atoms with Gasteiger partial charge in [0.05, 0.1) is 10.8 Å². The summed E-state index contributed by atoms with van der Waals surface area (Å²) < 4.78 is 27.7. The van der Waals surface area contributed by atoms with Crippen LogP contribution in [0.5, 0.6) is 0 Å². The van der Waals surface area contributed by atoms with Crippen LogP contribution in [0.3, 0.4) is 0 Å². The molecular formula is C22H31N3O4S. The van der Waals surface area contributed by atoms with E-state index in [9.17, 15) is 18.0 Å². The van der Waals surface area contributed by atoms with Crippen LogP contribution < -0.4 is 0 Å². The summed E-state index contributed by atoms with van der Waals surface area (Å²) in [5, 5.41) is 0. The lowest BCUT2D eigenvalue weighted by atomic mass is 9.96. The van der Waals surface area contributed by atoms with Crippen LogP contribution in [-0.4, -0.2) is 73.6 Å². The van der Waals surface area contributed by atoms with E-state index in [1.807, 2.05) is 30.9 Å². The maximum atomic E-state index is 13.1. The molecule has 0 aromatic heterocycles. The van der Waals surface area contributed by atoms with Gasteiger partial charge in [0, 0.05) is 45.2 Å². The van der Waals surface area contributed by atoms with Crippen molar-refractivity contribution >= 4 is 21.8 Å². The van der Waals surface area contributed by atoms with Crippen LogP contribution in [0.25, 0.3) is 0 Å². The number of carbonyl (C=O) groups excluding carboxylic acids is 2. The van der Waals surface area contributed by atoms with Crippen molar-refractivity contribution in [2.45, 2.75) is 44.4 Å². The van der Waals surface area contributed by atoms with Crippen LogP contribution in [0.15, 0.2) is 23.1 Å². The average Bonchev–Trinajstić information content (AvgIpc) is 3.60. The molecular weight excluding hydrogens is 402 g/mol. The largest absolute Gasteiger partial charge is 0.342 e. The maximum Gasteiger partial charge on any atom is 0.243 e. The summed E-state index contributed by atoms with van der Waals surface area (Å²) in [5.41, 5.74) is 1.65. The van der Waals surface area contributed by atoms with E-state index in [-0.39, 0.29) is 23.7 Å². The van der Waals surface area contributed by atoms with Gasteiger partial charge in [-0.3, -0.25) is 9.59 Å². The van der Waals surface area contributed by atoms with E-state index in [1.54, 1.807) is 11.0 Å². The number of piperidine rings is 1. The van der Waals surface area contributed by atoms with Crippen LogP contribution in [-0.2, 0) is 19.6 Å². The first kappa shape index (κ1) is 21.3. The number of rotatable bonds is 4. The van der Waals surface area contributed by atoms with Gasteiger partial charge in [0.15, 0.2) is 0 Å². The number of sulfonamides is 1. The summed E-state index contributed by atoms with van der Waals surface area (Å²) in [6, 6.07) is 5.46. The van der Waals surface area contributed by atoms with E-state index in [2.05, 4.69) is 0 Å². The minimum atomic E-state index is -3.57. The second kappa shape index (κ2) is 8.30. The molecule has 164 valence electrons. The lowest BCUT2D eigenvalue weighted by Crippen LogP contribution is -2.54. The molecule has 7 nitrogen and oxygen atoms in total. The number of likely N-dealkylation sites (tertiary alicyclic amines) is 1. The van der Waals surface area contributed by atoms with Gasteiger partial charge in [0.1, 0.15) is 0 Å². The second-order valence-electron chi connectivity index (χ2n) is 8.90. The molecule has 2 heterocycles. The summed E-state index contributed by atoms with van der Waals surface area (Å²) in [4.78, 5) is 29.4. The molecule has 30 heavy (non-hydrogen) atoms. The molecule has 0 radical (unpaired) electrons. The Morgan fingerprint density at radius 1 is 0.867 bits per heavy atom. The lowest BCUT2D eigenvalue weighted by Gasteiger charge is -2.38. The zero-order valence-corrected chi connectivity index (χ0v) is 18.7. The standard InChI is InChI=1S/C22H31N3O4S/c1-16-5-6-17(2)20(14-16)30(28,29)25-12-10-23(11-13-25)22(27)19-4-3-9-24(15-19)21(26)18-7-8-18/h5-6,14,18-19H,3-4,7-13,15H2,1-2H3. The number of nitrogens with zero attached hydrogens (tertiary/aromatic N) is 3. The number of hydrogen-bond acceptors (Lipinski definition) is 4. The Balaban J connectivity index is 1.37. The van der Waals surface area contributed by atoms with Crippen LogP contribution in [0.4, 0.5) is 0 Å². The molecule has 2 aliphatic heterocycles. The summed E-state index contributed by atoms with van der Waals surface area (Å²) in [6.07, 6.45) is 3.61. The Bertz CT molecular complexity index is 934. The lowest BCUT2D eigenvalue weighted by molar-refractivity contribution is -0.142. The predicted molar refractivity (Wildman–Crippen MR) is 113 cm³/mol. The van der Waals surface area contributed by atoms with Crippen LogP contribution in [0.1, 0.15) is 36.8 Å². The molecule has 8 heteroatoms. The quantitative estimate of drug-likeness (QED) is 0.725. The van der Waals surface area contributed by atoms with Crippen LogP contribution in [0, 0.1) is 25.7 Å². The first-order valence-corrected chi connectivity index (χ1v) is 12.4. The highest BCUT2D eigenvalue weighted by molar-refractivity contribution is 7.89. The summed E-state index contributed by atoms with van der Waals surface area (Å²) in [6.45, 7) is 6.36. The van der Waals surface area contributed by atoms with Crippen molar-refractivity contribution in [1.29, 1.82) is 0 Å². The molecule has 1 aromatic carbocycles. The topological polar surface area (TPSA) is 78.0 Å². The zero-order chi connectivity index (χ0) is 21.5. The summed E-state index contributed by atoms with van der Waals surface area (Å²) >= 11 is 0. The monoisotopic (exact) mass is 433 g/mol. The third-order valence-corrected chi connectivity index (χ3v) is 8.56. The fourth-order valence-corrected chi connectivity index (χ4v) is 6.23. The van der Waals surface area contributed by atoms with Gasteiger partial charge in [0.25, 0.3) is 0 Å². The SMILES string of the molecule is Cc1ccc(C)c(S(=O)(=O)N2CCN(C(=O)C3CCCN(C(=O)C4CC4)C3)CC2)c1. The van der Waals surface area contributed by atoms with E-state index < -0.39 is 10.0 Å². The number of benzene rings is 1. The molecule has 2 amide bonds. The molecule has 1 atom stereocenters. The van der Waals surface area contributed by atoms with Crippen molar-refractivity contribution in [3.63, 3.8) is 0 Å². The van der Waals surface area contributed by atoms with Gasteiger partial charge >= 0.3 is 0 Å². The molecule has 0 spiro atoms. The van der Waals surface area contributed by atoms with Crippen molar-refractivity contribution in [3.8, 4) is 0 Å². The molecule has 0 bridgehead atoms. The molecule has 1 saturated carbocycles. The average molecular weight is 434 g/mol. The van der Waals surface area contributed by atoms with Gasteiger partial charge in [-0.25, -0.2) is 8.42 Å². The van der Waals surface area contributed by atoms with E-state index in [1.165, 1.54) is 4.31 Å². The fourth-order valence-electron chi connectivity index (χ4n) is 4.50. The molecule has 1 aromatic rings. The Morgan fingerprint density at radius 3 is 2.20 bits per heavy atom. The molecule has 4 rings (SSSR count).